The molecular formula is C20H20N2O4S. The zero-order valence-electron chi connectivity index (χ0n) is 15.0. The molecule has 4 rings (SSSR count). The molecule has 0 aliphatic heterocycles. The van der Waals surface area contributed by atoms with E-state index >= 15 is 0 Å². The summed E-state index contributed by atoms with van der Waals surface area (Å²) in [6.07, 6.45) is 3.87. The van der Waals surface area contributed by atoms with Crippen LogP contribution in [0.3, 0.4) is 0 Å². The maximum atomic E-state index is 12.5. The van der Waals surface area contributed by atoms with E-state index in [0.717, 1.165) is 41.0 Å². The average molecular weight is 384 g/mol. The summed E-state index contributed by atoms with van der Waals surface area (Å²) in [6.45, 7) is 0.616. The summed E-state index contributed by atoms with van der Waals surface area (Å²) in [5, 5.41) is 10.3. The molecule has 0 bridgehead atoms. The minimum absolute atomic E-state index is 0.133. The molecule has 2 aromatic heterocycles. The topological polar surface area (TPSA) is 83.6 Å². The molecule has 1 N–H and O–H groups in total. The van der Waals surface area contributed by atoms with Gasteiger partial charge in [0.15, 0.2) is 0 Å². The van der Waals surface area contributed by atoms with Gasteiger partial charge in [-0.3, -0.25) is 4.79 Å². The Balaban J connectivity index is 1.61. The molecule has 0 spiro atoms. The SMILES string of the molecule is CN(CCCC(=O)O)c1ccc2cc(-c3nc4c(s3)CCC4)c(=O)oc2c1. The van der Waals surface area contributed by atoms with E-state index in [0.29, 0.717) is 24.1 Å². The van der Waals surface area contributed by atoms with Gasteiger partial charge in [0.05, 0.1) is 11.3 Å². The quantitative estimate of drug-likeness (QED) is 0.653. The molecule has 0 saturated carbocycles. The molecule has 1 aromatic carbocycles. The Labute approximate surface area is 160 Å². The predicted molar refractivity (Wildman–Crippen MR) is 106 cm³/mol. The number of anilines is 1. The largest absolute Gasteiger partial charge is 0.481 e. The number of hydrogen-bond donors (Lipinski definition) is 1. The number of aliphatic carboxylic acids is 1. The lowest BCUT2D eigenvalue weighted by Gasteiger charge is -2.19. The van der Waals surface area contributed by atoms with Gasteiger partial charge in [-0.25, -0.2) is 9.78 Å². The Kier molecular flexibility index (Phi) is 4.70. The highest BCUT2D eigenvalue weighted by molar-refractivity contribution is 7.15. The zero-order valence-corrected chi connectivity index (χ0v) is 15.8. The van der Waals surface area contributed by atoms with Gasteiger partial charge in [-0.1, -0.05) is 0 Å². The molecule has 140 valence electrons. The van der Waals surface area contributed by atoms with E-state index in [1.54, 1.807) is 11.3 Å². The Morgan fingerprint density at radius 3 is 2.96 bits per heavy atom. The van der Waals surface area contributed by atoms with Crippen LogP contribution in [0.2, 0.25) is 0 Å². The smallest absolute Gasteiger partial charge is 0.346 e. The minimum Gasteiger partial charge on any atom is -0.481 e. The lowest BCUT2D eigenvalue weighted by atomic mass is 10.1. The highest BCUT2D eigenvalue weighted by Crippen LogP contribution is 2.33. The number of carbonyl (C=O) groups is 1. The van der Waals surface area contributed by atoms with Gasteiger partial charge >= 0.3 is 11.6 Å². The monoisotopic (exact) mass is 384 g/mol. The third kappa shape index (κ3) is 3.60. The van der Waals surface area contributed by atoms with E-state index in [2.05, 4.69) is 4.98 Å². The first-order valence-corrected chi connectivity index (χ1v) is 9.83. The molecule has 7 heteroatoms. The number of thiazole rings is 1. The van der Waals surface area contributed by atoms with Crippen LogP contribution in [0.4, 0.5) is 5.69 Å². The number of hydrogen-bond acceptors (Lipinski definition) is 6. The molecule has 3 aromatic rings. The van der Waals surface area contributed by atoms with Gasteiger partial charge in [0.1, 0.15) is 10.6 Å². The van der Waals surface area contributed by atoms with E-state index in [4.69, 9.17) is 9.52 Å². The number of rotatable bonds is 6. The normalized spacial score (nSPS) is 13.1. The van der Waals surface area contributed by atoms with Crippen LogP contribution in [0.1, 0.15) is 29.8 Å². The van der Waals surface area contributed by atoms with Gasteiger partial charge in [-0.2, -0.15) is 0 Å². The van der Waals surface area contributed by atoms with Crippen molar-refractivity contribution < 1.29 is 14.3 Å². The average Bonchev–Trinajstić information content (AvgIpc) is 3.22. The maximum Gasteiger partial charge on any atom is 0.346 e. The van der Waals surface area contributed by atoms with Crippen LogP contribution in [0.15, 0.2) is 33.5 Å². The van der Waals surface area contributed by atoms with Crippen molar-refractivity contribution in [1.82, 2.24) is 4.98 Å². The van der Waals surface area contributed by atoms with Gasteiger partial charge < -0.3 is 14.4 Å². The van der Waals surface area contributed by atoms with Crippen molar-refractivity contribution >= 4 is 34.0 Å². The summed E-state index contributed by atoms with van der Waals surface area (Å²) in [4.78, 5) is 31.0. The van der Waals surface area contributed by atoms with E-state index < -0.39 is 5.97 Å². The third-order valence-electron chi connectivity index (χ3n) is 4.87. The molecule has 0 amide bonds. The van der Waals surface area contributed by atoms with Gasteiger partial charge in [-0.15, -0.1) is 11.3 Å². The molecule has 2 heterocycles. The Morgan fingerprint density at radius 1 is 1.33 bits per heavy atom. The summed E-state index contributed by atoms with van der Waals surface area (Å²) in [5.74, 6) is -0.798. The van der Waals surface area contributed by atoms with Crippen LogP contribution in [-0.4, -0.2) is 29.7 Å². The molecule has 1 aliphatic carbocycles. The fraction of sp³-hybridized carbons (Fsp3) is 0.350. The number of carboxylic acids is 1. The van der Waals surface area contributed by atoms with E-state index in [-0.39, 0.29) is 12.0 Å². The molecule has 27 heavy (non-hydrogen) atoms. The lowest BCUT2D eigenvalue weighted by molar-refractivity contribution is -0.137. The van der Waals surface area contributed by atoms with Crippen molar-refractivity contribution in [3.8, 4) is 10.6 Å². The second-order valence-electron chi connectivity index (χ2n) is 6.83. The number of nitrogens with zero attached hydrogens (tertiary/aromatic N) is 2. The summed E-state index contributed by atoms with van der Waals surface area (Å²) < 4.78 is 5.57. The summed E-state index contributed by atoms with van der Waals surface area (Å²) in [6, 6.07) is 7.55. The van der Waals surface area contributed by atoms with Crippen LogP contribution in [0.5, 0.6) is 0 Å². The van der Waals surface area contributed by atoms with Crippen LogP contribution in [-0.2, 0) is 17.6 Å². The lowest BCUT2D eigenvalue weighted by Crippen LogP contribution is -2.19. The molecule has 0 unspecified atom stereocenters. The first kappa shape index (κ1) is 17.7. The Hall–Kier alpha value is -2.67. The first-order chi connectivity index (χ1) is 13.0. The molecular weight excluding hydrogens is 364 g/mol. The second kappa shape index (κ2) is 7.15. The molecule has 6 nitrogen and oxygen atoms in total. The maximum absolute atomic E-state index is 12.5. The van der Waals surface area contributed by atoms with Gasteiger partial charge in [0, 0.05) is 42.0 Å². The van der Waals surface area contributed by atoms with Crippen LogP contribution >= 0.6 is 11.3 Å². The summed E-state index contributed by atoms with van der Waals surface area (Å²) in [5.41, 5.74) is 2.67. The molecule has 0 radical (unpaired) electrons. The number of carboxylic acid groups (broad SMARTS) is 1. The minimum atomic E-state index is -0.798. The molecule has 0 fully saturated rings. The number of benzene rings is 1. The fourth-order valence-corrected chi connectivity index (χ4v) is 4.54. The number of aryl methyl sites for hydroxylation is 2. The summed E-state index contributed by atoms with van der Waals surface area (Å²) >= 11 is 1.59. The summed E-state index contributed by atoms with van der Waals surface area (Å²) in [7, 11) is 1.90. The van der Waals surface area contributed by atoms with Crippen molar-refractivity contribution in [2.75, 3.05) is 18.5 Å². The predicted octanol–water partition coefficient (Wildman–Crippen LogP) is 3.71. The van der Waals surface area contributed by atoms with Gasteiger partial charge in [-0.05, 0) is 43.9 Å². The highest BCUT2D eigenvalue weighted by Gasteiger charge is 2.20. The van der Waals surface area contributed by atoms with Gasteiger partial charge in [0.2, 0.25) is 0 Å². The second-order valence-corrected chi connectivity index (χ2v) is 7.91. The van der Waals surface area contributed by atoms with Crippen LogP contribution in [0.25, 0.3) is 21.5 Å². The number of fused-ring (bicyclic) bond motifs is 2. The van der Waals surface area contributed by atoms with E-state index in [1.165, 1.54) is 4.88 Å². The molecule has 1 aliphatic rings. The van der Waals surface area contributed by atoms with Gasteiger partial charge in [0.25, 0.3) is 0 Å². The van der Waals surface area contributed by atoms with Crippen molar-refractivity contribution in [2.24, 2.45) is 0 Å². The third-order valence-corrected chi connectivity index (χ3v) is 6.06. The van der Waals surface area contributed by atoms with Crippen molar-refractivity contribution in [3.05, 3.63) is 45.3 Å². The zero-order chi connectivity index (χ0) is 19.0. The van der Waals surface area contributed by atoms with E-state index in [1.807, 2.05) is 36.2 Å². The van der Waals surface area contributed by atoms with Crippen LogP contribution < -0.4 is 10.5 Å². The van der Waals surface area contributed by atoms with Crippen molar-refractivity contribution in [3.63, 3.8) is 0 Å². The Bertz CT molecular complexity index is 1050. The van der Waals surface area contributed by atoms with Crippen molar-refractivity contribution in [1.29, 1.82) is 0 Å². The van der Waals surface area contributed by atoms with Crippen molar-refractivity contribution in [2.45, 2.75) is 32.1 Å². The first-order valence-electron chi connectivity index (χ1n) is 9.01. The standard InChI is InChI=1S/C20H20N2O4S/c1-22(9-3-6-18(23)24)13-8-7-12-10-14(20(25)26-16(12)11-13)19-21-15-4-2-5-17(15)27-19/h7-8,10-11H,2-6,9H2,1H3,(H,23,24). The highest BCUT2D eigenvalue weighted by atomic mass is 32.1. The number of aromatic nitrogens is 1. The fourth-order valence-electron chi connectivity index (χ4n) is 3.39. The molecule has 0 atom stereocenters. The Morgan fingerprint density at radius 2 is 2.19 bits per heavy atom. The van der Waals surface area contributed by atoms with Crippen LogP contribution in [0, 0.1) is 0 Å². The van der Waals surface area contributed by atoms with E-state index in [9.17, 15) is 9.59 Å². The molecule has 0 saturated heterocycles.